The maximum atomic E-state index is 13.3. The van der Waals surface area contributed by atoms with E-state index in [-0.39, 0.29) is 8.47 Å². The maximum absolute atomic E-state index is 13.3. The molecule has 3 rings (SSSR count). The van der Waals surface area contributed by atoms with Gasteiger partial charge in [0.2, 0.25) is 0 Å². The second-order valence-electron chi connectivity index (χ2n) is 8.43. The van der Waals surface area contributed by atoms with Crippen LogP contribution in [0, 0.1) is 14.1 Å². The van der Waals surface area contributed by atoms with Crippen LogP contribution in [0.15, 0.2) is 71.9 Å². The van der Waals surface area contributed by atoms with Gasteiger partial charge in [0.1, 0.15) is 0 Å². The number of hydrogen-bond acceptors (Lipinski definition) is 5. The van der Waals surface area contributed by atoms with Crippen LogP contribution in [0.1, 0.15) is 5.56 Å². The van der Waals surface area contributed by atoms with Gasteiger partial charge >= 0.3 is 207 Å². The van der Waals surface area contributed by atoms with Gasteiger partial charge in [-0.15, -0.1) is 0 Å². The number of benzene rings is 2. The Morgan fingerprint density at radius 1 is 0.882 bits per heavy atom. The van der Waals surface area contributed by atoms with E-state index in [0.29, 0.717) is 8.76 Å². The summed E-state index contributed by atoms with van der Waals surface area (Å²) < 4.78 is 96.6. The van der Waals surface area contributed by atoms with Gasteiger partial charge in [-0.2, -0.15) is 0 Å². The Morgan fingerprint density at radius 2 is 1.44 bits per heavy atom. The summed E-state index contributed by atoms with van der Waals surface area (Å²) in [6, 6.07) is 13.9. The predicted molar refractivity (Wildman–Crippen MR) is 135 cm³/mol. The molecule has 1 heterocycles. The molecule has 0 fully saturated rings. The second kappa shape index (κ2) is 9.41. The summed E-state index contributed by atoms with van der Waals surface area (Å²) in [5.41, 5.74) is -4.74. The van der Waals surface area contributed by atoms with E-state index in [1.807, 2.05) is 26.6 Å². The summed E-state index contributed by atoms with van der Waals surface area (Å²) in [7, 11) is -12.3. The first kappa shape index (κ1) is 26.9. The molecule has 0 radical (unpaired) electrons. The topological polar surface area (TPSA) is 82.4 Å². The minimum absolute atomic E-state index is 0.00525. The normalized spacial score (nSPS) is 13.7. The van der Waals surface area contributed by atoms with Crippen molar-refractivity contribution in [1.29, 1.82) is 0 Å². The van der Waals surface area contributed by atoms with E-state index in [1.54, 1.807) is 30.3 Å². The fourth-order valence-electron chi connectivity index (χ4n) is 2.90. The molecule has 0 amide bonds. The van der Waals surface area contributed by atoms with Gasteiger partial charge in [-0.1, -0.05) is 0 Å². The van der Waals surface area contributed by atoms with E-state index in [0.717, 1.165) is 9.54 Å². The van der Waals surface area contributed by atoms with Gasteiger partial charge < -0.3 is 0 Å². The van der Waals surface area contributed by atoms with Crippen LogP contribution in [0.3, 0.4) is 0 Å². The number of aromatic nitrogens is 1. The first-order valence-corrected chi connectivity index (χ1v) is 19.2. The van der Waals surface area contributed by atoms with Crippen LogP contribution < -0.4 is 5.19 Å². The predicted octanol–water partition coefficient (Wildman–Crippen LogP) is 4.91. The zero-order chi connectivity index (χ0) is 25.5. The molecule has 34 heavy (non-hydrogen) atoms. The molecule has 0 spiro atoms. The Kier molecular flexibility index (Phi) is 7.45. The first-order valence-electron chi connectivity index (χ1n) is 9.85. The van der Waals surface area contributed by atoms with E-state index in [2.05, 4.69) is 0 Å². The molecule has 0 N–H and O–H groups in total. The molecule has 0 unspecified atom stereocenters. The minimum atomic E-state index is -5.91. The third kappa shape index (κ3) is 5.58. The molecular weight excluding hydrogens is 622 g/mol. The van der Waals surface area contributed by atoms with E-state index >= 15 is 0 Å². The fourth-order valence-corrected chi connectivity index (χ4v) is 15.3. The number of hydrogen-bond donors (Lipinski definition) is 0. The molecular formula is C21H23F3INO5S2Si. The SMILES string of the molecule is Cc1ccc(S(=O)(=O)n2cc(I(OS(=O)(=O)C(F)(F)F)c3ccccc3)c([Si](C)(C)C)c2)cc1. The van der Waals surface area contributed by atoms with Gasteiger partial charge in [0.05, 0.1) is 0 Å². The zero-order valence-corrected chi connectivity index (χ0v) is 23.5. The average molecular weight is 646 g/mol. The number of nitrogens with zero attached hydrogens (tertiary/aromatic N) is 1. The standard InChI is InChI=1S/C21H23F3INO5S2Si/c1-16-10-12-18(13-11-16)32(27,28)26-14-19(20(15-26)34(2,3)4)25(17-8-6-5-7-9-17)31-33(29,30)21(22,23)24/h5-15H,1-4H3. The average Bonchev–Trinajstić information content (AvgIpc) is 3.19. The van der Waals surface area contributed by atoms with Crippen molar-refractivity contribution in [2.45, 2.75) is 37.0 Å². The monoisotopic (exact) mass is 645 g/mol. The second-order valence-corrected chi connectivity index (χ2v) is 21.7. The Balaban J connectivity index is 2.25. The summed E-state index contributed by atoms with van der Waals surface area (Å²) in [4.78, 5) is 0.00525. The molecule has 0 atom stereocenters. The summed E-state index contributed by atoms with van der Waals surface area (Å²) in [6.07, 6.45) is 2.60. The Labute approximate surface area is 205 Å². The molecule has 0 aliphatic heterocycles. The Bertz CT molecular complexity index is 1380. The molecule has 0 aliphatic carbocycles. The van der Waals surface area contributed by atoms with Crippen molar-refractivity contribution in [2.24, 2.45) is 0 Å². The summed E-state index contributed by atoms with van der Waals surface area (Å²) >= 11 is -3.76. The molecule has 3 aromatic rings. The quantitative estimate of drug-likeness (QED) is 0.208. The molecule has 0 saturated carbocycles. The molecule has 0 aliphatic rings. The number of rotatable bonds is 7. The van der Waals surface area contributed by atoms with Gasteiger partial charge in [0.25, 0.3) is 0 Å². The van der Waals surface area contributed by atoms with Crippen molar-refractivity contribution >= 4 is 53.6 Å². The van der Waals surface area contributed by atoms with Crippen molar-refractivity contribution in [2.75, 3.05) is 0 Å². The van der Waals surface area contributed by atoms with Crippen LogP contribution >= 0.6 is 20.2 Å². The van der Waals surface area contributed by atoms with E-state index in [9.17, 15) is 30.0 Å². The Morgan fingerprint density at radius 3 is 1.94 bits per heavy atom. The zero-order valence-electron chi connectivity index (χ0n) is 18.7. The third-order valence-corrected chi connectivity index (χ3v) is 16.0. The Hall–Kier alpha value is -1.68. The summed E-state index contributed by atoms with van der Waals surface area (Å²) in [6.45, 7) is 7.49. The van der Waals surface area contributed by atoms with Crippen molar-refractivity contribution in [1.82, 2.24) is 3.97 Å². The van der Waals surface area contributed by atoms with Gasteiger partial charge in [-0.3, -0.25) is 0 Å². The molecule has 6 nitrogen and oxygen atoms in total. The number of alkyl halides is 3. The number of aryl methyl sites for hydroxylation is 1. The number of halogens is 4. The van der Waals surface area contributed by atoms with Crippen molar-refractivity contribution < 1.29 is 32.5 Å². The van der Waals surface area contributed by atoms with E-state index in [4.69, 9.17) is 2.51 Å². The summed E-state index contributed by atoms with van der Waals surface area (Å²) in [5.74, 6) is 0. The van der Waals surface area contributed by atoms with Crippen LogP contribution in [-0.2, 0) is 22.7 Å². The summed E-state index contributed by atoms with van der Waals surface area (Å²) in [5, 5.41) is 0.523. The van der Waals surface area contributed by atoms with Crippen LogP contribution in [0.25, 0.3) is 0 Å². The van der Waals surface area contributed by atoms with Gasteiger partial charge in [0.15, 0.2) is 0 Å². The van der Waals surface area contributed by atoms with Crippen LogP contribution in [-0.4, -0.2) is 34.4 Å². The van der Waals surface area contributed by atoms with Crippen molar-refractivity contribution in [3.63, 3.8) is 0 Å². The molecule has 2 aromatic carbocycles. The van der Waals surface area contributed by atoms with Crippen LogP contribution in [0.4, 0.5) is 13.2 Å². The van der Waals surface area contributed by atoms with Crippen molar-refractivity contribution in [3.8, 4) is 0 Å². The molecule has 0 saturated heterocycles. The van der Waals surface area contributed by atoms with E-state index < -0.39 is 54.0 Å². The van der Waals surface area contributed by atoms with Crippen LogP contribution in [0.2, 0.25) is 19.6 Å². The molecule has 186 valence electrons. The van der Waals surface area contributed by atoms with Gasteiger partial charge in [-0.25, -0.2) is 0 Å². The van der Waals surface area contributed by atoms with Gasteiger partial charge in [-0.05, 0) is 0 Å². The first-order chi connectivity index (χ1) is 15.5. The molecule has 1 aromatic heterocycles. The third-order valence-electron chi connectivity index (χ3n) is 4.70. The van der Waals surface area contributed by atoms with Crippen LogP contribution in [0.5, 0.6) is 0 Å². The van der Waals surface area contributed by atoms with E-state index in [1.165, 1.54) is 36.7 Å². The van der Waals surface area contributed by atoms with Gasteiger partial charge in [0, 0.05) is 0 Å². The van der Waals surface area contributed by atoms with Crippen molar-refractivity contribution in [3.05, 3.63) is 79.7 Å². The fraction of sp³-hybridized carbons (Fsp3) is 0.238. The molecule has 13 heteroatoms. The molecule has 0 bridgehead atoms.